The van der Waals surface area contributed by atoms with Gasteiger partial charge in [-0.25, -0.2) is 0 Å². The van der Waals surface area contributed by atoms with Crippen molar-refractivity contribution in [1.82, 2.24) is 0 Å². The van der Waals surface area contributed by atoms with Crippen molar-refractivity contribution in [3.05, 3.63) is 35.0 Å². The van der Waals surface area contributed by atoms with Gasteiger partial charge in [-0.1, -0.05) is 0 Å². The minimum Gasteiger partial charge on any atom is -0.757 e. The molecule has 1 aliphatic carbocycles. The summed E-state index contributed by atoms with van der Waals surface area (Å²) < 4.78 is 1.62. The lowest BCUT2D eigenvalue weighted by Gasteiger charge is -2.12. The van der Waals surface area contributed by atoms with Crippen molar-refractivity contribution in [2.75, 3.05) is 0 Å². The largest absolute Gasteiger partial charge is 0.757 e. The van der Waals surface area contributed by atoms with Crippen molar-refractivity contribution in [2.24, 2.45) is 0 Å². The van der Waals surface area contributed by atoms with Gasteiger partial charge in [-0.15, -0.1) is 0 Å². The second-order valence-corrected chi connectivity index (χ2v) is 3.68. The maximum atomic E-state index is 8.75. The highest BCUT2D eigenvalue weighted by Gasteiger charge is 2.15. The van der Waals surface area contributed by atoms with Gasteiger partial charge < -0.3 is 5.41 Å². The number of nitriles is 1. The summed E-state index contributed by atoms with van der Waals surface area (Å²) in [7, 11) is 0. The average Bonchev–Trinajstić information content (AvgIpc) is 2.30. The summed E-state index contributed by atoms with van der Waals surface area (Å²) in [4.78, 5) is 0. The first kappa shape index (κ1) is 9.64. The first-order valence-corrected chi connectivity index (χ1v) is 5.06. The first-order valence-electron chi connectivity index (χ1n) is 5.06. The van der Waals surface area contributed by atoms with Crippen molar-refractivity contribution in [1.29, 1.82) is 5.26 Å². The molecule has 1 aromatic heterocycles. The predicted molar refractivity (Wildman–Crippen MR) is 57.0 cm³/mol. The highest BCUT2D eigenvalue weighted by Crippen LogP contribution is 2.18. The maximum absolute atomic E-state index is 8.75. The number of hydrogen-bond donors (Lipinski definition) is 0. The van der Waals surface area contributed by atoms with Crippen molar-refractivity contribution < 1.29 is 4.57 Å². The lowest BCUT2D eigenvalue weighted by Crippen LogP contribution is -2.32. The fourth-order valence-electron chi connectivity index (χ4n) is 1.95. The van der Waals surface area contributed by atoms with Gasteiger partial charge in [-0.3, -0.25) is 0 Å². The van der Waals surface area contributed by atoms with E-state index >= 15 is 0 Å². The monoisotopic (exact) mass is 197 g/mol. The van der Waals surface area contributed by atoms with Crippen molar-refractivity contribution in [3.63, 3.8) is 0 Å². The molecule has 0 saturated heterocycles. The Morgan fingerprint density at radius 1 is 1.33 bits per heavy atom. The minimum atomic E-state index is 0.128. The van der Waals surface area contributed by atoms with Gasteiger partial charge in [-0.05, 0) is 31.2 Å². The van der Waals surface area contributed by atoms with Gasteiger partial charge in [0.05, 0.1) is 0 Å². The van der Waals surface area contributed by atoms with Crippen LogP contribution in [0.3, 0.4) is 0 Å². The highest BCUT2D eigenvalue weighted by molar-refractivity contribution is 5.84. The molecular weight excluding hydrogens is 186 g/mol. The van der Waals surface area contributed by atoms with Crippen LogP contribution in [-0.2, 0) is 12.8 Å². The molecule has 3 nitrogen and oxygen atoms in total. The van der Waals surface area contributed by atoms with Gasteiger partial charge in [0.2, 0.25) is 0 Å². The second-order valence-electron chi connectivity index (χ2n) is 3.68. The standard InChI is InChI=1S/C12H11N3/c13-7-12(8-14)15-6-5-10-3-1-2-4-11(10)9-15/h5-6,9H,1-4H2. The third-order valence-corrected chi connectivity index (χ3v) is 2.76. The molecule has 0 unspecified atom stereocenters. The third kappa shape index (κ3) is 1.81. The molecule has 1 aliphatic rings. The second kappa shape index (κ2) is 4.08. The number of pyridine rings is 1. The quantitative estimate of drug-likeness (QED) is 0.382. The van der Waals surface area contributed by atoms with Crippen LogP contribution in [0.15, 0.2) is 18.5 Å². The molecule has 0 aliphatic heterocycles. The van der Waals surface area contributed by atoms with E-state index in [-0.39, 0.29) is 5.70 Å². The molecule has 0 aromatic carbocycles. The summed E-state index contributed by atoms with van der Waals surface area (Å²) >= 11 is 0. The van der Waals surface area contributed by atoms with Gasteiger partial charge in [-0.2, -0.15) is 15.7 Å². The Morgan fingerprint density at radius 3 is 2.73 bits per heavy atom. The number of fused-ring (bicyclic) bond motifs is 1. The van der Waals surface area contributed by atoms with Crippen LogP contribution in [0.1, 0.15) is 24.0 Å². The maximum Gasteiger partial charge on any atom is 0.309 e. The number of aromatic nitrogens is 1. The van der Waals surface area contributed by atoms with Crippen molar-refractivity contribution in [2.45, 2.75) is 25.7 Å². The molecule has 74 valence electrons. The van der Waals surface area contributed by atoms with Crippen molar-refractivity contribution >= 4 is 11.6 Å². The van der Waals surface area contributed by atoms with E-state index in [1.165, 1.54) is 24.0 Å². The van der Waals surface area contributed by atoms with Crippen molar-refractivity contribution in [3.8, 4) is 6.07 Å². The summed E-state index contributed by atoms with van der Waals surface area (Å²) in [5.74, 6) is 1.89. The lowest BCUT2D eigenvalue weighted by molar-refractivity contribution is -0.576. The van der Waals surface area contributed by atoms with Crippen LogP contribution in [0.4, 0.5) is 0 Å². The van der Waals surface area contributed by atoms with E-state index in [4.69, 9.17) is 10.7 Å². The Morgan fingerprint density at radius 2 is 2.07 bits per heavy atom. The molecular formula is C12H11N3. The summed E-state index contributed by atoms with van der Waals surface area (Å²) in [6, 6.07) is 3.91. The molecule has 0 saturated carbocycles. The zero-order chi connectivity index (χ0) is 10.7. The summed E-state index contributed by atoms with van der Waals surface area (Å²) in [6.45, 7) is 0. The van der Waals surface area contributed by atoms with E-state index in [0.717, 1.165) is 12.8 Å². The molecule has 0 spiro atoms. The molecule has 15 heavy (non-hydrogen) atoms. The van der Waals surface area contributed by atoms with E-state index < -0.39 is 0 Å². The topological polar surface area (TPSA) is 50.0 Å². The van der Waals surface area contributed by atoms with Gasteiger partial charge in [0, 0.05) is 11.6 Å². The normalized spacial score (nSPS) is 13.5. The van der Waals surface area contributed by atoms with E-state index in [0.29, 0.717) is 0 Å². The molecule has 1 aromatic rings. The van der Waals surface area contributed by atoms with E-state index in [2.05, 4.69) is 0 Å². The van der Waals surface area contributed by atoms with E-state index in [1.54, 1.807) is 10.8 Å². The molecule has 0 amide bonds. The van der Waals surface area contributed by atoms with Crippen LogP contribution in [-0.4, -0.2) is 5.87 Å². The van der Waals surface area contributed by atoms with Crippen LogP contribution >= 0.6 is 0 Å². The summed E-state index contributed by atoms with van der Waals surface area (Å²) in [5.41, 5.74) is 2.75. The number of allylic oxidation sites excluding steroid dienone is 1. The zero-order valence-electron chi connectivity index (χ0n) is 8.40. The van der Waals surface area contributed by atoms with Crippen LogP contribution in [0.5, 0.6) is 0 Å². The highest BCUT2D eigenvalue weighted by atomic mass is 14.9. The lowest BCUT2D eigenvalue weighted by atomic mass is 9.93. The molecule has 1 heterocycles. The van der Waals surface area contributed by atoms with Crippen LogP contribution in [0.2, 0.25) is 0 Å². The number of hydrogen-bond acceptors (Lipinski definition) is 1. The minimum absolute atomic E-state index is 0.128. The third-order valence-electron chi connectivity index (χ3n) is 2.76. The molecule has 3 heteroatoms. The Labute approximate surface area is 88.8 Å². The molecule has 0 radical (unpaired) electrons. The molecule has 2 rings (SSSR count). The van der Waals surface area contributed by atoms with Gasteiger partial charge in [0.25, 0.3) is 0 Å². The average molecular weight is 197 g/mol. The van der Waals surface area contributed by atoms with Crippen LogP contribution in [0, 0.1) is 11.3 Å². The van der Waals surface area contributed by atoms with Crippen LogP contribution < -0.4 is 4.57 Å². The fourth-order valence-corrected chi connectivity index (χ4v) is 1.95. The smallest absolute Gasteiger partial charge is 0.309 e. The number of nitrogens with zero attached hydrogens (tertiary/aromatic N) is 3. The van der Waals surface area contributed by atoms with E-state index in [1.807, 2.05) is 24.2 Å². The predicted octanol–water partition coefficient (Wildman–Crippen LogP) is 1.46. The molecule has 0 bridgehead atoms. The molecule has 0 N–H and O–H groups in total. The summed E-state index contributed by atoms with van der Waals surface area (Å²) in [6.07, 6.45) is 8.32. The Balaban J connectivity index is 2.45. The Bertz CT molecular complexity index is 476. The van der Waals surface area contributed by atoms with Crippen LogP contribution in [0.25, 0.3) is 11.1 Å². The van der Waals surface area contributed by atoms with Gasteiger partial charge in [0.15, 0.2) is 18.5 Å². The zero-order valence-corrected chi connectivity index (χ0v) is 8.40. The molecule has 0 atom stereocenters. The molecule has 0 fully saturated rings. The fraction of sp³-hybridized carbons (Fsp3) is 0.333. The number of rotatable bonds is 1. The summed E-state index contributed by atoms with van der Waals surface area (Å²) in [5, 5.41) is 17.5. The van der Waals surface area contributed by atoms with E-state index in [9.17, 15) is 0 Å². The first-order chi connectivity index (χ1) is 7.35. The Kier molecular flexibility index (Phi) is 2.62. The SMILES string of the molecule is N#CC(=C=[N-])[n+]1ccc2c(c1)CCCC2. The Hall–Kier alpha value is -1.91. The van der Waals surface area contributed by atoms with Gasteiger partial charge in [0.1, 0.15) is 0 Å². The van der Waals surface area contributed by atoms with Gasteiger partial charge >= 0.3 is 5.70 Å². The number of aryl methyl sites for hydroxylation is 2.